The van der Waals surface area contributed by atoms with E-state index in [4.69, 9.17) is 9.47 Å². The van der Waals surface area contributed by atoms with E-state index in [1.54, 1.807) is 20.4 Å². The first-order chi connectivity index (χ1) is 13.7. The van der Waals surface area contributed by atoms with Crippen molar-refractivity contribution in [3.63, 3.8) is 0 Å². The Morgan fingerprint density at radius 3 is 2.21 bits per heavy atom. The summed E-state index contributed by atoms with van der Waals surface area (Å²) in [5.41, 5.74) is 3.37. The average Bonchev–Trinajstić information content (AvgIpc) is 2.74. The number of ketones is 1. The predicted octanol–water partition coefficient (Wildman–Crippen LogP) is 4.15. The number of nitrogens with one attached hydrogen (secondary N) is 1. The Kier molecular flexibility index (Phi) is 4.93. The number of hydrogen-bond acceptors (Lipinski definition) is 6. The third-order valence-corrected chi connectivity index (χ3v) is 4.97. The Labute approximate surface area is 163 Å². The van der Waals surface area contributed by atoms with Crippen LogP contribution in [-0.2, 0) is 6.42 Å². The Bertz CT molecular complexity index is 985. The summed E-state index contributed by atoms with van der Waals surface area (Å²) in [5.74, 6) is 2.25. The molecule has 0 bridgehead atoms. The lowest BCUT2D eigenvalue weighted by molar-refractivity contribution is 0.0962. The molecule has 28 heavy (non-hydrogen) atoms. The fourth-order valence-corrected chi connectivity index (χ4v) is 3.42. The van der Waals surface area contributed by atoms with Crippen molar-refractivity contribution < 1.29 is 14.3 Å². The van der Waals surface area contributed by atoms with Gasteiger partial charge in [-0.1, -0.05) is 12.1 Å². The molecule has 0 saturated heterocycles. The molecule has 1 aliphatic rings. The summed E-state index contributed by atoms with van der Waals surface area (Å²) in [6.45, 7) is 0. The van der Waals surface area contributed by atoms with E-state index in [1.807, 2.05) is 48.5 Å². The predicted molar refractivity (Wildman–Crippen MR) is 107 cm³/mol. The maximum Gasteiger partial charge on any atom is 0.227 e. The Morgan fingerprint density at radius 1 is 0.929 bits per heavy atom. The highest BCUT2D eigenvalue weighted by atomic mass is 16.5. The zero-order valence-electron chi connectivity index (χ0n) is 15.8. The maximum absolute atomic E-state index is 12.6. The quantitative estimate of drug-likeness (QED) is 0.722. The number of Topliss-reactive ketones (excluding diaryl/α,β-unsaturated/α-hetero) is 1. The zero-order chi connectivity index (χ0) is 19.5. The number of rotatable bonds is 5. The van der Waals surface area contributed by atoms with Gasteiger partial charge in [-0.2, -0.15) is 0 Å². The van der Waals surface area contributed by atoms with Gasteiger partial charge in [0.15, 0.2) is 5.78 Å². The lowest BCUT2D eigenvalue weighted by Crippen LogP contribution is -2.21. The van der Waals surface area contributed by atoms with Crippen LogP contribution >= 0.6 is 0 Å². The van der Waals surface area contributed by atoms with Gasteiger partial charge in [0, 0.05) is 18.3 Å². The molecule has 2 aromatic carbocycles. The topological polar surface area (TPSA) is 73.3 Å². The number of carbonyl (C=O) groups is 1. The van der Waals surface area contributed by atoms with Crippen LogP contribution in [0, 0.1) is 0 Å². The van der Waals surface area contributed by atoms with E-state index < -0.39 is 0 Å². The second-order valence-electron chi connectivity index (χ2n) is 6.71. The first-order valence-corrected chi connectivity index (χ1v) is 9.10. The molecule has 6 heteroatoms. The van der Waals surface area contributed by atoms with Crippen molar-refractivity contribution in [2.24, 2.45) is 0 Å². The molecule has 4 rings (SSSR count). The first-order valence-electron chi connectivity index (χ1n) is 9.10. The minimum absolute atomic E-state index is 0.0815. The Morgan fingerprint density at radius 2 is 1.57 bits per heavy atom. The molecular weight excluding hydrogens is 354 g/mol. The smallest absolute Gasteiger partial charge is 0.227 e. The van der Waals surface area contributed by atoms with Crippen molar-refractivity contribution in [3.05, 3.63) is 71.5 Å². The normalized spacial score (nSPS) is 15.6. The first kappa shape index (κ1) is 18.0. The third kappa shape index (κ3) is 3.67. The number of carbonyl (C=O) groups excluding carboxylic acids is 1. The largest absolute Gasteiger partial charge is 0.497 e. The summed E-state index contributed by atoms with van der Waals surface area (Å²) in [5, 5.41) is 3.18. The summed E-state index contributed by atoms with van der Waals surface area (Å²) >= 11 is 0. The molecule has 1 aromatic heterocycles. The van der Waals surface area contributed by atoms with Crippen molar-refractivity contribution in [1.82, 2.24) is 9.97 Å². The van der Waals surface area contributed by atoms with Gasteiger partial charge in [0.1, 0.15) is 11.5 Å². The van der Waals surface area contributed by atoms with Gasteiger partial charge >= 0.3 is 0 Å². The number of anilines is 2. The lowest BCUT2D eigenvalue weighted by atomic mass is 9.82. The minimum atomic E-state index is 0.0815. The zero-order valence-corrected chi connectivity index (χ0v) is 15.8. The second kappa shape index (κ2) is 7.68. The van der Waals surface area contributed by atoms with Crippen molar-refractivity contribution in [1.29, 1.82) is 0 Å². The Balaban J connectivity index is 1.56. The summed E-state index contributed by atoms with van der Waals surface area (Å²) < 4.78 is 10.4. The molecule has 142 valence electrons. The fourth-order valence-electron chi connectivity index (χ4n) is 3.42. The van der Waals surface area contributed by atoms with Crippen molar-refractivity contribution in [2.45, 2.75) is 18.8 Å². The van der Waals surface area contributed by atoms with Gasteiger partial charge < -0.3 is 14.8 Å². The van der Waals surface area contributed by atoms with Crippen LogP contribution in [-0.4, -0.2) is 30.0 Å². The summed E-state index contributed by atoms with van der Waals surface area (Å²) in [6.07, 6.45) is 2.79. The van der Waals surface area contributed by atoms with Gasteiger partial charge in [0.2, 0.25) is 5.95 Å². The van der Waals surface area contributed by atoms with Crippen LogP contribution in [0.1, 0.15) is 34.0 Å². The number of methoxy groups -OCH3 is 2. The van der Waals surface area contributed by atoms with Gasteiger partial charge in [-0.15, -0.1) is 0 Å². The van der Waals surface area contributed by atoms with E-state index in [2.05, 4.69) is 15.3 Å². The minimum Gasteiger partial charge on any atom is -0.497 e. The number of fused-ring (bicyclic) bond motifs is 1. The van der Waals surface area contributed by atoms with Crippen LogP contribution in [0.3, 0.4) is 0 Å². The SMILES string of the molecule is COc1ccc(Nc2ncc3c(n2)C[C@@H](c2ccc(OC)cc2)CC3=O)cc1. The average molecular weight is 375 g/mol. The third-order valence-electron chi connectivity index (χ3n) is 4.97. The summed E-state index contributed by atoms with van der Waals surface area (Å²) in [4.78, 5) is 21.5. The van der Waals surface area contributed by atoms with Gasteiger partial charge in [-0.3, -0.25) is 4.79 Å². The molecule has 1 atom stereocenters. The van der Waals surface area contributed by atoms with E-state index in [9.17, 15) is 4.79 Å². The molecule has 6 nitrogen and oxygen atoms in total. The monoisotopic (exact) mass is 375 g/mol. The van der Waals surface area contributed by atoms with Crippen LogP contribution in [0.25, 0.3) is 0 Å². The van der Waals surface area contributed by atoms with E-state index in [0.29, 0.717) is 24.4 Å². The number of aromatic nitrogens is 2. The van der Waals surface area contributed by atoms with E-state index in [0.717, 1.165) is 28.4 Å². The standard InChI is InChI=1S/C22H21N3O3/c1-27-17-7-3-14(4-8-17)15-11-20-19(21(26)12-15)13-23-22(25-20)24-16-5-9-18(28-2)10-6-16/h3-10,13,15H,11-12H2,1-2H3,(H,23,24,25)/t15-/m1/s1. The van der Waals surface area contributed by atoms with Crippen molar-refractivity contribution in [3.8, 4) is 11.5 Å². The van der Waals surface area contributed by atoms with Crippen LogP contribution in [0.15, 0.2) is 54.7 Å². The molecular formula is C22H21N3O3. The van der Waals surface area contributed by atoms with Crippen LogP contribution < -0.4 is 14.8 Å². The summed E-state index contributed by atoms with van der Waals surface area (Å²) in [7, 11) is 3.27. The molecule has 3 aromatic rings. The molecule has 1 aliphatic carbocycles. The number of hydrogen-bond donors (Lipinski definition) is 1. The fraction of sp³-hybridized carbons (Fsp3) is 0.227. The van der Waals surface area contributed by atoms with Gasteiger partial charge in [0.25, 0.3) is 0 Å². The molecule has 0 amide bonds. The molecule has 0 saturated carbocycles. The number of benzene rings is 2. The van der Waals surface area contributed by atoms with Gasteiger partial charge in [0.05, 0.1) is 25.5 Å². The highest BCUT2D eigenvalue weighted by Gasteiger charge is 2.28. The van der Waals surface area contributed by atoms with Crippen molar-refractivity contribution in [2.75, 3.05) is 19.5 Å². The van der Waals surface area contributed by atoms with E-state index in [1.165, 1.54) is 0 Å². The molecule has 1 N–H and O–H groups in total. The van der Waals surface area contributed by atoms with E-state index >= 15 is 0 Å². The Hall–Kier alpha value is -3.41. The lowest BCUT2D eigenvalue weighted by Gasteiger charge is -2.23. The highest BCUT2D eigenvalue weighted by molar-refractivity contribution is 5.98. The van der Waals surface area contributed by atoms with Crippen LogP contribution in [0.4, 0.5) is 11.6 Å². The number of nitrogens with zero attached hydrogens (tertiary/aromatic N) is 2. The van der Waals surface area contributed by atoms with Gasteiger partial charge in [-0.05, 0) is 54.3 Å². The molecule has 0 unspecified atom stereocenters. The molecule has 0 aliphatic heterocycles. The second-order valence-corrected chi connectivity index (χ2v) is 6.71. The highest BCUT2D eigenvalue weighted by Crippen LogP contribution is 2.33. The summed E-state index contributed by atoms with van der Waals surface area (Å²) in [6, 6.07) is 15.4. The van der Waals surface area contributed by atoms with E-state index in [-0.39, 0.29) is 11.7 Å². The molecule has 0 spiro atoms. The maximum atomic E-state index is 12.6. The van der Waals surface area contributed by atoms with Crippen molar-refractivity contribution >= 4 is 17.4 Å². The molecule has 1 heterocycles. The van der Waals surface area contributed by atoms with Crippen LogP contribution in [0.2, 0.25) is 0 Å². The van der Waals surface area contributed by atoms with Gasteiger partial charge in [-0.25, -0.2) is 9.97 Å². The van der Waals surface area contributed by atoms with Crippen LogP contribution in [0.5, 0.6) is 11.5 Å². The molecule has 0 radical (unpaired) electrons. The number of ether oxygens (including phenoxy) is 2. The molecule has 0 fully saturated rings.